The minimum atomic E-state index is -1.11. The van der Waals surface area contributed by atoms with E-state index < -0.39 is 11.2 Å². The average Bonchev–Trinajstić information content (AvgIpc) is 2.61. The van der Waals surface area contributed by atoms with E-state index in [4.69, 9.17) is 18.9 Å². The molecule has 0 aliphatic rings. The minimum absolute atomic E-state index is 0. The largest absolute Gasteiger partial charge is 2.00 e. The number of hydrogen-bond donors (Lipinski definition) is 0. The zero-order chi connectivity index (χ0) is 25.5. The first-order valence-corrected chi connectivity index (χ1v) is 12.4. The van der Waals surface area contributed by atoms with E-state index in [-0.39, 0.29) is 99.7 Å². The predicted octanol–water partition coefficient (Wildman–Crippen LogP) is 3.58. The topological polar surface area (TPSA) is 83.0 Å². The van der Waals surface area contributed by atoms with Crippen LogP contribution in [0.4, 0.5) is 0 Å². The molecule has 0 rings (SSSR count). The van der Waals surface area contributed by atoms with Crippen LogP contribution >= 0.6 is 0 Å². The molecule has 0 radical (unpaired) electrons. The Balaban J connectivity index is -0.000000529. The van der Waals surface area contributed by atoms with Crippen LogP contribution < -0.4 is 10.2 Å². The summed E-state index contributed by atoms with van der Waals surface area (Å²) in [6.07, 6.45) is 1.57. The summed E-state index contributed by atoms with van der Waals surface area (Å²) >= 11 is 0. The monoisotopic (exact) mass is 600 g/mol. The van der Waals surface area contributed by atoms with Crippen molar-refractivity contribution in [3.8, 4) is 0 Å². The fourth-order valence-electron chi connectivity index (χ4n) is 3.08. The molecule has 0 spiro atoms. The molecule has 0 aromatic rings. The molecule has 0 aromatic heterocycles. The summed E-state index contributed by atoms with van der Waals surface area (Å²) in [7, 11) is 0. The predicted molar refractivity (Wildman–Crippen MR) is 134 cm³/mol. The number of rotatable bonds is 16. The SMILES string of the molecule is CC(C)CC([O-])(COC(C)C)COC(C)C.CC(C)CC([O-])(COC(C)C)COC(C)C.[Ba+2]. The molecule has 0 saturated heterocycles. The van der Waals surface area contributed by atoms with Crippen molar-refractivity contribution in [2.75, 3.05) is 26.4 Å². The van der Waals surface area contributed by atoms with Crippen molar-refractivity contribution in [2.24, 2.45) is 11.8 Å². The summed E-state index contributed by atoms with van der Waals surface area (Å²) in [5.41, 5.74) is -2.22. The van der Waals surface area contributed by atoms with Gasteiger partial charge in [-0.15, -0.1) is 0 Å². The van der Waals surface area contributed by atoms with Gasteiger partial charge in [-0.05, 0) is 67.2 Å². The van der Waals surface area contributed by atoms with Crippen molar-refractivity contribution in [1.82, 2.24) is 0 Å². The van der Waals surface area contributed by atoms with Gasteiger partial charge in [0.05, 0.1) is 24.4 Å². The quantitative estimate of drug-likeness (QED) is 0.252. The van der Waals surface area contributed by atoms with Gasteiger partial charge in [0.2, 0.25) is 0 Å². The van der Waals surface area contributed by atoms with Crippen LogP contribution in [0.3, 0.4) is 0 Å². The molecule has 6 nitrogen and oxygen atoms in total. The second kappa shape index (κ2) is 20.4. The van der Waals surface area contributed by atoms with Crippen molar-refractivity contribution in [3.63, 3.8) is 0 Å². The summed E-state index contributed by atoms with van der Waals surface area (Å²) < 4.78 is 21.8. The molecular formula is C26H54BaO6. The molecule has 0 aromatic carbocycles. The molecule has 7 heteroatoms. The molecular weight excluding hydrogens is 546 g/mol. The molecule has 0 saturated carbocycles. The van der Waals surface area contributed by atoms with E-state index in [9.17, 15) is 10.2 Å². The van der Waals surface area contributed by atoms with Crippen molar-refractivity contribution in [2.45, 2.75) is 132 Å². The normalized spacial score (nSPS) is 12.7. The molecule has 33 heavy (non-hydrogen) atoms. The first-order valence-electron chi connectivity index (χ1n) is 12.4. The van der Waals surface area contributed by atoms with Gasteiger partial charge < -0.3 is 29.2 Å². The van der Waals surface area contributed by atoms with Gasteiger partial charge in [-0.2, -0.15) is 0 Å². The molecule has 0 amide bonds. The summed E-state index contributed by atoms with van der Waals surface area (Å²) in [6.45, 7) is 24.7. The maximum absolute atomic E-state index is 12.5. The van der Waals surface area contributed by atoms with Gasteiger partial charge in [0.1, 0.15) is 0 Å². The summed E-state index contributed by atoms with van der Waals surface area (Å²) in [5, 5.41) is 24.9. The van der Waals surface area contributed by atoms with Crippen LogP contribution in [0.25, 0.3) is 0 Å². The van der Waals surface area contributed by atoms with Crippen LogP contribution in [0.2, 0.25) is 0 Å². The Morgan fingerprint density at radius 2 is 0.636 bits per heavy atom. The van der Waals surface area contributed by atoms with Gasteiger partial charge in [-0.1, -0.05) is 51.7 Å². The van der Waals surface area contributed by atoms with E-state index in [2.05, 4.69) is 27.7 Å². The summed E-state index contributed by atoms with van der Waals surface area (Å²) in [6, 6.07) is 0. The third kappa shape index (κ3) is 26.2. The maximum Gasteiger partial charge on any atom is 2.00 e. The fourth-order valence-corrected chi connectivity index (χ4v) is 3.08. The Hall–Kier alpha value is 1.33. The van der Waals surface area contributed by atoms with Gasteiger partial charge >= 0.3 is 48.9 Å². The standard InChI is InChI=1S/2C13H27O3.Ba/c2*1-10(2)7-13(14,8-15-11(3)4)9-16-12(5)6;/h2*10-12H,7-9H2,1-6H3;/q2*-1;+2. The average molecular weight is 600 g/mol. The smallest absolute Gasteiger partial charge is 0.846 e. The van der Waals surface area contributed by atoms with Gasteiger partial charge in [0.25, 0.3) is 0 Å². The first-order chi connectivity index (χ1) is 14.5. The summed E-state index contributed by atoms with van der Waals surface area (Å²) in [4.78, 5) is 0. The van der Waals surface area contributed by atoms with Crippen LogP contribution in [-0.2, 0) is 18.9 Å². The van der Waals surface area contributed by atoms with E-state index in [1.54, 1.807) is 0 Å². The van der Waals surface area contributed by atoms with Crippen molar-refractivity contribution >= 4 is 48.9 Å². The van der Waals surface area contributed by atoms with E-state index in [0.29, 0.717) is 24.7 Å². The molecule has 0 atom stereocenters. The van der Waals surface area contributed by atoms with Crippen LogP contribution in [0, 0.1) is 11.8 Å². The molecule has 0 unspecified atom stereocenters. The van der Waals surface area contributed by atoms with Crippen LogP contribution in [0.5, 0.6) is 0 Å². The van der Waals surface area contributed by atoms with Crippen molar-refractivity contribution < 1.29 is 29.2 Å². The second-order valence-corrected chi connectivity index (χ2v) is 11.0. The van der Waals surface area contributed by atoms with Crippen LogP contribution in [0.1, 0.15) is 95.9 Å². The van der Waals surface area contributed by atoms with Gasteiger partial charge in [-0.3, -0.25) is 0 Å². The fraction of sp³-hybridized carbons (Fsp3) is 1.00. The first kappa shape index (κ1) is 38.9. The molecule has 0 aliphatic heterocycles. The third-order valence-electron chi connectivity index (χ3n) is 4.28. The van der Waals surface area contributed by atoms with Crippen LogP contribution in [0.15, 0.2) is 0 Å². The Kier molecular flexibility index (Phi) is 24.0. The molecule has 0 aliphatic carbocycles. The van der Waals surface area contributed by atoms with Crippen molar-refractivity contribution in [3.05, 3.63) is 0 Å². The Labute approximate surface area is 245 Å². The van der Waals surface area contributed by atoms with Gasteiger partial charge in [-0.25, -0.2) is 0 Å². The van der Waals surface area contributed by atoms with E-state index in [1.165, 1.54) is 0 Å². The third-order valence-corrected chi connectivity index (χ3v) is 4.28. The van der Waals surface area contributed by atoms with Crippen LogP contribution in [-0.4, -0.2) is 111 Å². The zero-order valence-electron chi connectivity index (χ0n) is 23.9. The number of ether oxygens (including phenoxy) is 4. The van der Waals surface area contributed by atoms with E-state index >= 15 is 0 Å². The minimum Gasteiger partial charge on any atom is -0.846 e. The Bertz CT molecular complexity index is 374. The van der Waals surface area contributed by atoms with E-state index in [1.807, 2.05) is 55.4 Å². The molecule has 0 heterocycles. The van der Waals surface area contributed by atoms with Gasteiger partial charge in [0, 0.05) is 26.4 Å². The van der Waals surface area contributed by atoms with Crippen molar-refractivity contribution in [1.29, 1.82) is 0 Å². The molecule has 196 valence electrons. The maximum atomic E-state index is 12.5. The number of hydrogen-bond acceptors (Lipinski definition) is 6. The molecule has 0 N–H and O–H groups in total. The zero-order valence-corrected chi connectivity index (χ0v) is 28.3. The second-order valence-electron chi connectivity index (χ2n) is 11.0. The molecule has 0 fully saturated rings. The Morgan fingerprint density at radius 1 is 0.455 bits per heavy atom. The Morgan fingerprint density at radius 3 is 0.758 bits per heavy atom. The molecule has 0 bridgehead atoms. The summed E-state index contributed by atoms with van der Waals surface area (Å²) in [5.74, 6) is 0.730. The van der Waals surface area contributed by atoms with Gasteiger partial charge in [0.15, 0.2) is 0 Å². The van der Waals surface area contributed by atoms with E-state index in [0.717, 1.165) is 0 Å².